The molecule has 1 aromatic carbocycles. The summed E-state index contributed by atoms with van der Waals surface area (Å²) in [5, 5.41) is 8.89. The van der Waals surface area contributed by atoms with Crippen molar-refractivity contribution < 1.29 is 13.2 Å². The second kappa shape index (κ2) is 6.54. The largest absolute Gasteiger partial charge is 0.374 e. The van der Waals surface area contributed by atoms with Gasteiger partial charge in [-0.2, -0.15) is 5.26 Å². The number of likely N-dealkylation sites (N-methyl/N-ethyl adjacent to an activating group) is 1. The number of hydrogen-bond acceptors (Lipinski definition) is 5. The third-order valence-electron chi connectivity index (χ3n) is 3.45. The molecule has 21 heavy (non-hydrogen) atoms. The van der Waals surface area contributed by atoms with E-state index in [0.717, 1.165) is 6.54 Å². The molecule has 0 amide bonds. The summed E-state index contributed by atoms with van der Waals surface area (Å²) in [6.45, 7) is 4.08. The molecule has 0 saturated carbocycles. The van der Waals surface area contributed by atoms with Gasteiger partial charge in [0.2, 0.25) is 10.0 Å². The number of hydrogen-bond donors (Lipinski definition) is 1. The summed E-state index contributed by atoms with van der Waals surface area (Å²) >= 11 is 0. The van der Waals surface area contributed by atoms with Crippen LogP contribution < -0.4 is 4.72 Å². The molecule has 1 unspecified atom stereocenters. The number of aryl methyl sites for hydroxylation is 1. The maximum absolute atomic E-state index is 12.4. The first-order valence-electron chi connectivity index (χ1n) is 6.73. The van der Waals surface area contributed by atoms with Gasteiger partial charge in [-0.1, -0.05) is 6.07 Å². The minimum Gasteiger partial charge on any atom is -0.374 e. The maximum atomic E-state index is 12.4. The molecule has 2 rings (SSSR count). The van der Waals surface area contributed by atoms with Gasteiger partial charge in [0, 0.05) is 19.6 Å². The Bertz CT molecular complexity index is 652. The Balaban J connectivity index is 2.10. The van der Waals surface area contributed by atoms with Crippen molar-refractivity contribution in [3.05, 3.63) is 29.3 Å². The number of morpholine rings is 1. The lowest BCUT2D eigenvalue weighted by molar-refractivity contribution is -0.0156. The molecule has 0 bridgehead atoms. The van der Waals surface area contributed by atoms with Crippen molar-refractivity contribution in [2.45, 2.75) is 17.9 Å². The Morgan fingerprint density at radius 2 is 2.29 bits per heavy atom. The zero-order valence-electron chi connectivity index (χ0n) is 12.2. The molecule has 1 heterocycles. The Morgan fingerprint density at radius 1 is 1.52 bits per heavy atom. The van der Waals surface area contributed by atoms with Gasteiger partial charge in [0.15, 0.2) is 0 Å². The third-order valence-corrected chi connectivity index (χ3v) is 5.02. The standard InChI is InChI=1S/C14H19N3O3S/c1-11-3-4-12(8-15)7-14(11)21(18,19)16-9-13-10-17(2)5-6-20-13/h3-4,7,13,16H,5-6,9-10H2,1-2H3. The molecule has 0 spiro atoms. The monoisotopic (exact) mass is 309 g/mol. The van der Waals surface area contributed by atoms with Crippen LogP contribution in [0.4, 0.5) is 0 Å². The van der Waals surface area contributed by atoms with Crippen LogP contribution in [0.5, 0.6) is 0 Å². The Morgan fingerprint density at radius 3 is 2.95 bits per heavy atom. The second-order valence-corrected chi connectivity index (χ2v) is 6.93. The van der Waals surface area contributed by atoms with Crippen molar-refractivity contribution in [3.63, 3.8) is 0 Å². The average molecular weight is 309 g/mol. The molecule has 1 N–H and O–H groups in total. The lowest BCUT2D eigenvalue weighted by Gasteiger charge is -2.30. The highest BCUT2D eigenvalue weighted by Crippen LogP contribution is 2.16. The number of ether oxygens (including phenoxy) is 1. The molecule has 0 aromatic heterocycles. The van der Waals surface area contributed by atoms with E-state index in [4.69, 9.17) is 10.00 Å². The van der Waals surface area contributed by atoms with Crippen LogP contribution >= 0.6 is 0 Å². The number of nitrogens with zero attached hydrogens (tertiary/aromatic N) is 2. The van der Waals surface area contributed by atoms with Gasteiger partial charge in [0.05, 0.1) is 29.2 Å². The highest BCUT2D eigenvalue weighted by atomic mass is 32.2. The smallest absolute Gasteiger partial charge is 0.240 e. The van der Waals surface area contributed by atoms with Crippen molar-refractivity contribution in [2.75, 3.05) is 33.3 Å². The van der Waals surface area contributed by atoms with Crippen LogP contribution in [0.1, 0.15) is 11.1 Å². The SMILES string of the molecule is Cc1ccc(C#N)cc1S(=O)(=O)NCC1CN(C)CCO1. The molecule has 0 aliphatic carbocycles. The van der Waals surface area contributed by atoms with E-state index in [1.807, 2.05) is 13.1 Å². The molecule has 1 aliphatic heterocycles. The molecule has 1 aromatic rings. The van der Waals surface area contributed by atoms with E-state index >= 15 is 0 Å². The van der Waals surface area contributed by atoms with Crippen LogP contribution in [0.25, 0.3) is 0 Å². The fourth-order valence-electron chi connectivity index (χ4n) is 2.23. The van der Waals surface area contributed by atoms with E-state index in [0.29, 0.717) is 24.3 Å². The number of nitriles is 1. The number of sulfonamides is 1. The molecule has 1 saturated heterocycles. The molecule has 1 aliphatic rings. The molecule has 6 nitrogen and oxygen atoms in total. The van der Waals surface area contributed by atoms with Crippen molar-refractivity contribution in [3.8, 4) is 6.07 Å². The topological polar surface area (TPSA) is 82.4 Å². The average Bonchev–Trinajstić information content (AvgIpc) is 2.46. The van der Waals surface area contributed by atoms with Gasteiger partial charge in [0.25, 0.3) is 0 Å². The van der Waals surface area contributed by atoms with Crippen molar-refractivity contribution in [1.82, 2.24) is 9.62 Å². The first kappa shape index (κ1) is 15.9. The lowest BCUT2D eigenvalue weighted by Crippen LogP contribution is -2.45. The minimum atomic E-state index is -3.64. The van der Waals surface area contributed by atoms with Gasteiger partial charge in [-0.25, -0.2) is 13.1 Å². The summed E-state index contributed by atoms with van der Waals surface area (Å²) in [5.74, 6) is 0. The molecule has 0 radical (unpaired) electrons. The van der Waals surface area contributed by atoms with Crippen molar-refractivity contribution in [1.29, 1.82) is 5.26 Å². The summed E-state index contributed by atoms with van der Waals surface area (Å²) in [5.41, 5.74) is 0.942. The van der Waals surface area contributed by atoms with E-state index in [9.17, 15) is 8.42 Å². The Labute approximate surface area is 125 Å². The number of rotatable bonds is 4. The first-order chi connectivity index (χ1) is 9.92. The quantitative estimate of drug-likeness (QED) is 0.874. The van der Waals surface area contributed by atoms with E-state index in [-0.39, 0.29) is 17.5 Å². The molecule has 7 heteroatoms. The predicted octanol–water partition coefficient (Wildman–Crippen LogP) is 0.476. The number of nitrogens with one attached hydrogen (secondary N) is 1. The van der Waals surface area contributed by atoms with Crippen LogP contribution in [-0.4, -0.2) is 52.7 Å². The van der Waals surface area contributed by atoms with Crippen LogP contribution in [-0.2, 0) is 14.8 Å². The van der Waals surface area contributed by atoms with Gasteiger partial charge in [-0.3, -0.25) is 0 Å². The zero-order chi connectivity index (χ0) is 15.5. The van der Waals surface area contributed by atoms with Gasteiger partial charge in [-0.15, -0.1) is 0 Å². The lowest BCUT2D eigenvalue weighted by atomic mass is 10.2. The van der Waals surface area contributed by atoms with Crippen LogP contribution in [0.3, 0.4) is 0 Å². The fraction of sp³-hybridized carbons (Fsp3) is 0.500. The highest BCUT2D eigenvalue weighted by Gasteiger charge is 2.22. The summed E-state index contributed by atoms with van der Waals surface area (Å²) in [6, 6.07) is 6.59. The van der Waals surface area contributed by atoms with Gasteiger partial charge in [-0.05, 0) is 31.7 Å². The van der Waals surface area contributed by atoms with Crippen molar-refractivity contribution >= 4 is 10.0 Å². The van der Waals surface area contributed by atoms with Crippen LogP contribution in [0.15, 0.2) is 23.1 Å². The van der Waals surface area contributed by atoms with E-state index < -0.39 is 10.0 Å². The maximum Gasteiger partial charge on any atom is 0.240 e. The molecular formula is C14H19N3O3S. The molecular weight excluding hydrogens is 290 g/mol. The van der Waals surface area contributed by atoms with Crippen LogP contribution in [0, 0.1) is 18.3 Å². The van der Waals surface area contributed by atoms with Gasteiger partial charge >= 0.3 is 0 Å². The first-order valence-corrected chi connectivity index (χ1v) is 8.21. The summed E-state index contributed by atoms with van der Waals surface area (Å²) in [7, 11) is -1.66. The zero-order valence-corrected chi connectivity index (χ0v) is 13.0. The minimum absolute atomic E-state index is 0.144. The molecule has 1 fully saturated rings. The second-order valence-electron chi connectivity index (χ2n) is 5.20. The Hall–Kier alpha value is -1.46. The summed E-state index contributed by atoms with van der Waals surface area (Å²) < 4.78 is 32.8. The normalized spacial score (nSPS) is 20.1. The van der Waals surface area contributed by atoms with E-state index in [1.54, 1.807) is 19.1 Å². The van der Waals surface area contributed by atoms with E-state index in [1.165, 1.54) is 6.07 Å². The fourth-order valence-corrected chi connectivity index (χ4v) is 3.56. The summed E-state index contributed by atoms with van der Waals surface area (Å²) in [4.78, 5) is 2.25. The van der Waals surface area contributed by atoms with Crippen molar-refractivity contribution in [2.24, 2.45) is 0 Å². The third kappa shape index (κ3) is 4.02. The highest BCUT2D eigenvalue weighted by molar-refractivity contribution is 7.89. The van der Waals surface area contributed by atoms with Crippen LogP contribution in [0.2, 0.25) is 0 Å². The molecule has 114 valence electrons. The summed E-state index contributed by atoms with van der Waals surface area (Å²) in [6.07, 6.45) is -0.155. The van der Waals surface area contributed by atoms with Gasteiger partial charge in [0.1, 0.15) is 0 Å². The molecule has 1 atom stereocenters. The van der Waals surface area contributed by atoms with E-state index in [2.05, 4.69) is 9.62 Å². The number of benzene rings is 1. The Kier molecular flexibility index (Phi) is 4.96. The predicted molar refractivity (Wildman–Crippen MR) is 78.3 cm³/mol. The van der Waals surface area contributed by atoms with Gasteiger partial charge < -0.3 is 9.64 Å².